The highest BCUT2D eigenvalue weighted by Crippen LogP contribution is 2.09. The Balaban J connectivity index is 2.25. The van der Waals surface area contributed by atoms with Gasteiger partial charge in [0.2, 0.25) is 11.8 Å². The minimum atomic E-state index is -0.724. The van der Waals surface area contributed by atoms with Gasteiger partial charge in [-0.3, -0.25) is 9.59 Å². The van der Waals surface area contributed by atoms with Crippen molar-refractivity contribution in [1.82, 2.24) is 15.5 Å². The Morgan fingerprint density at radius 3 is 2.43 bits per heavy atom. The number of nitrogens with one attached hydrogen (secondary N) is 2. The van der Waals surface area contributed by atoms with Crippen LogP contribution in [0.15, 0.2) is 0 Å². The summed E-state index contributed by atoms with van der Waals surface area (Å²) in [6, 6.07) is -0.724. The van der Waals surface area contributed by atoms with Crippen LogP contribution in [-0.2, 0) is 19.1 Å². The third-order valence-corrected chi connectivity index (χ3v) is 3.44. The molecule has 1 fully saturated rings. The Hall–Kier alpha value is -1.63. The van der Waals surface area contributed by atoms with Crippen LogP contribution in [0.5, 0.6) is 0 Å². The molecule has 1 unspecified atom stereocenters. The molecule has 1 aliphatic rings. The summed E-state index contributed by atoms with van der Waals surface area (Å²) in [4.78, 5) is 36.3. The second-order valence-electron chi connectivity index (χ2n) is 5.17. The lowest BCUT2D eigenvalue weighted by molar-refractivity contribution is -0.144. The van der Waals surface area contributed by atoms with E-state index < -0.39 is 12.0 Å². The van der Waals surface area contributed by atoms with E-state index in [4.69, 9.17) is 0 Å². The fourth-order valence-corrected chi connectivity index (χ4v) is 2.32. The topological polar surface area (TPSA) is 87.7 Å². The van der Waals surface area contributed by atoms with Crippen molar-refractivity contribution >= 4 is 17.8 Å². The highest BCUT2D eigenvalue weighted by molar-refractivity contribution is 5.83. The smallest absolute Gasteiger partial charge is 0.329 e. The van der Waals surface area contributed by atoms with Gasteiger partial charge in [0.1, 0.15) is 6.04 Å². The van der Waals surface area contributed by atoms with E-state index in [-0.39, 0.29) is 18.4 Å². The van der Waals surface area contributed by atoms with Crippen LogP contribution in [0.2, 0.25) is 0 Å². The van der Waals surface area contributed by atoms with Gasteiger partial charge in [0.05, 0.1) is 7.11 Å². The van der Waals surface area contributed by atoms with Crippen LogP contribution in [0.1, 0.15) is 32.6 Å². The van der Waals surface area contributed by atoms with Crippen LogP contribution in [0.25, 0.3) is 0 Å². The first-order chi connectivity index (χ1) is 10.0. The molecule has 7 heteroatoms. The number of hydrogen-bond donors (Lipinski definition) is 2. The number of hydrogen-bond acceptors (Lipinski definition) is 5. The summed E-state index contributed by atoms with van der Waals surface area (Å²) in [5, 5.41) is 5.52. The molecule has 1 saturated heterocycles. The molecule has 1 rings (SSSR count). The van der Waals surface area contributed by atoms with E-state index in [1.807, 2.05) is 4.90 Å². The first-order valence-electron chi connectivity index (χ1n) is 7.38. The maximum atomic E-state index is 11.9. The van der Waals surface area contributed by atoms with E-state index in [9.17, 15) is 14.4 Å². The van der Waals surface area contributed by atoms with Crippen molar-refractivity contribution < 1.29 is 19.1 Å². The molecule has 0 spiro atoms. The number of nitrogens with zero attached hydrogens (tertiary/aromatic N) is 1. The summed E-state index contributed by atoms with van der Waals surface area (Å²) in [6.07, 6.45) is 3.74. The first kappa shape index (κ1) is 17.4. The van der Waals surface area contributed by atoms with Crippen molar-refractivity contribution in [3.8, 4) is 0 Å². The Morgan fingerprint density at radius 1 is 1.19 bits per heavy atom. The molecule has 2 N–H and O–H groups in total. The quantitative estimate of drug-likeness (QED) is 0.496. The molecule has 0 aromatic rings. The standard InChI is InChI=1S/C14H25N3O4/c1-11(18)16-12(14(20)21-2)10-15-7-6-13(19)17-8-4-3-5-9-17/h12,15H,3-10H2,1-2H3,(H,16,18). The van der Waals surface area contributed by atoms with E-state index in [0.717, 1.165) is 25.9 Å². The van der Waals surface area contributed by atoms with E-state index in [1.165, 1.54) is 20.5 Å². The molecule has 120 valence electrons. The SMILES string of the molecule is COC(=O)C(CNCCC(=O)N1CCCCC1)NC(C)=O. The largest absolute Gasteiger partial charge is 0.467 e. The van der Waals surface area contributed by atoms with E-state index in [2.05, 4.69) is 15.4 Å². The Morgan fingerprint density at radius 2 is 1.86 bits per heavy atom. The minimum absolute atomic E-state index is 0.136. The third-order valence-electron chi connectivity index (χ3n) is 3.44. The average Bonchev–Trinajstić information content (AvgIpc) is 2.49. The van der Waals surface area contributed by atoms with Crippen LogP contribution in [0.4, 0.5) is 0 Å². The molecule has 0 aliphatic carbocycles. The van der Waals surface area contributed by atoms with Gasteiger partial charge in [0.15, 0.2) is 0 Å². The van der Waals surface area contributed by atoms with E-state index in [1.54, 1.807) is 0 Å². The minimum Gasteiger partial charge on any atom is -0.467 e. The van der Waals surface area contributed by atoms with Gasteiger partial charge in [0, 0.05) is 39.5 Å². The van der Waals surface area contributed by atoms with E-state index in [0.29, 0.717) is 13.0 Å². The van der Waals surface area contributed by atoms with Gasteiger partial charge < -0.3 is 20.3 Å². The first-order valence-corrected chi connectivity index (χ1v) is 7.38. The zero-order valence-corrected chi connectivity index (χ0v) is 12.8. The van der Waals surface area contributed by atoms with Crippen LogP contribution >= 0.6 is 0 Å². The zero-order valence-electron chi connectivity index (χ0n) is 12.8. The number of ether oxygens (including phenoxy) is 1. The summed E-state index contributed by atoms with van der Waals surface area (Å²) in [5.74, 6) is -0.659. The molecule has 0 radical (unpaired) electrons. The summed E-state index contributed by atoms with van der Waals surface area (Å²) in [7, 11) is 1.27. The molecule has 1 aliphatic heterocycles. The predicted octanol–water partition coefficient (Wildman–Crippen LogP) is -0.344. The molecule has 7 nitrogen and oxygen atoms in total. The number of carbonyl (C=O) groups is 3. The van der Waals surface area contributed by atoms with Gasteiger partial charge in [-0.25, -0.2) is 4.79 Å². The number of amides is 2. The number of piperidine rings is 1. The van der Waals surface area contributed by atoms with Crippen LogP contribution < -0.4 is 10.6 Å². The number of rotatable bonds is 7. The highest BCUT2D eigenvalue weighted by atomic mass is 16.5. The van der Waals surface area contributed by atoms with Gasteiger partial charge in [-0.15, -0.1) is 0 Å². The molecule has 1 atom stereocenters. The van der Waals surface area contributed by atoms with Crippen molar-refractivity contribution in [3.63, 3.8) is 0 Å². The highest BCUT2D eigenvalue weighted by Gasteiger charge is 2.20. The molecule has 1 heterocycles. The fourth-order valence-electron chi connectivity index (χ4n) is 2.32. The lowest BCUT2D eigenvalue weighted by atomic mass is 10.1. The summed E-state index contributed by atoms with van der Waals surface area (Å²) in [5.41, 5.74) is 0. The molecule has 0 aromatic carbocycles. The van der Waals surface area contributed by atoms with Crippen LogP contribution in [0, 0.1) is 0 Å². The molecule has 2 amide bonds. The molecule has 0 saturated carbocycles. The van der Waals surface area contributed by atoms with Gasteiger partial charge in [-0.05, 0) is 19.3 Å². The fraction of sp³-hybridized carbons (Fsp3) is 0.786. The van der Waals surface area contributed by atoms with Crippen LogP contribution in [-0.4, -0.2) is 62.0 Å². The number of likely N-dealkylation sites (tertiary alicyclic amines) is 1. The zero-order chi connectivity index (χ0) is 15.7. The second kappa shape index (κ2) is 9.33. The average molecular weight is 299 g/mol. The number of methoxy groups -OCH3 is 1. The lowest BCUT2D eigenvalue weighted by Gasteiger charge is -2.26. The maximum absolute atomic E-state index is 11.9. The Kier molecular flexibility index (Phi) is 7.74. The van der Waals surface area contributed by atoms with Crippen molar-refractivity contribution in [2.24, 2.45) is 0 Å². The lowest BCUT2D eigenvalue weighted by Crippen LogP contribution is -2.47. The number of esters is 1. The van der Waals surface area contributed by atoms with E-state index >= 15 is 0 Å². The Labute approximate surface area is 125 Å². The predicted molar refractivity (Wildman–Crippen MR) is 77.5 cm³/mol. The molecule has 0 aromatic heterocycles. The van der Waals surface area contributed by atoms with Crippen molar-refractivity contribution in [3.05, 3.63) is 0 Å². The maximum Gasteiger partial charge on any atom is 0.329 e. The summed E-state index contributed by atoms with van der Waals surface area (Å²) in [6.45, 7) is 3.75. The molecular weight excluding hydrogens is 274 g/mol. The monoisotopic (exact) mass is 299 g/mol. The Bertz CT molecular complexity index is 367. The normalized spacial score (nSPS) is 16.2. The molecule has 0 bridgehead atoms. The van der Waals surface area contributed by atoms with Crippen LogP contribution in [0.3, 0.4) is 0 Å². The summed E-state index contributed by atoms with van der Waals surface area (Å²) < 4.78 is 4.62. The molecular formula is C14H25N3O4. The van der Waals surface area contributed by atoms with Gasteiger partial charge in [0.25, 0.3) is 0 Å². The summed E-state index contributed by atoms with van der Waals surface area (Å²) >= 11 is 0. The third kappa shape index (κ3) is 6.57. The van der Waals surface area contributed by atoms with Crippen molar-refractivity contribution in [2.45, 2.75) is 38.6 Å². The van der Waals surface area contributed by atoms with Crippen molar-refractivity contribution in [2.75, 3.05) is 33.3 Å². The second-order valence-corrected chi connectivity index (χ2v) is 5.17. The van der Waals surface area contributed by atoms with Gasteiger partial charge in [-0.2, -0.15) is 0 Å². The van der Waals surface area contributed by atoms with Gasteiger partial charge in [-0.1, -0.05) is 0 Å². The van der Waals surface area contributed by atoms with Crippen molar-refractivity contribution in [1.29, 1.82) is 0 Å². The number of carbonyl (C=O) groups excluding carboxylic acids is 3. The molecule has 21 heavy (non-hydrogen) atoms. The van der Waals surface area contributed by atoms with Gasteiger partial charge >= 0.3 is 5.97 Å².